The van der Waals surface area contributed by atoms with Crippen LogP contribution in [0.5, 0.6) is 11.5 Å². The highest BCUT2D eigenvalue weighted by Gasteiger charge is 2.09. The van der Waals surface area contributed by atoms with Crippen molar-refractivity contribution >= 4 is 22.4 Å². The number of hydrogen-bond acceptors (Lipinski definition) is 6. The predicted octanol–water partition coefficient (Wildman–Crippen LogP) is 4.30. The topological polar surface area (TPSA) is 73.3 Å². The fourth-order valence-corrected chi connectivity index (χ4v) is 3.35. The van der Waals surface area contributed by atoms with Crippen LogP contribution in [0.15, 0.2) is 48.5 Å². The van der Waals surface area contributed by atoms with Crippen LogP contribution in [-0.4, -0.2) is 29.3 Å². The molecule has 0 fully saturated rings. The molecule has 1 heterocycles. The number of aryl methyl sites for hydroxylation is 2. The Morgan fingerprint density at radius 3 is 2.07 bits per heavy atom. The van der Waals surface area contributed by atoms with Crippen LogP contribution in [0.2, 0.25) is 0 Å². The summed E-state index contributed by atoms with van der Waals surface area (Å²) >= 11 is 1.34. The molecule has 0 radical (unpaired) electrons. The fourth-order valence-electron chi connectivity index (χ4n) is 2.61. The Hall–Kier alpha value is -2.93. The molecule has 1 N–H and O–H groups in total. The van der Waals surface area contributed by atoms with Crippen molar-refractivity contribution in [2.24, 2.45) is 0 Å². The van der Waals surface area contributed by atoms with E-state index < -0.39 is 0 Å². The second-order valence-electron chi connectivity index (χ2n) is 6.43. The molecule has 0 spiro atoms. The predicted molar refractivity (Wildman–Crippen MR) is 115 cm³/mol. The number of rotatable bonds is 10. The maximum atomic E-state index is 12.0. The number of nitrogens with zero attached hydrogens (tertiary/aromatic N) is 2. The molecule has 0 saturated carbocycles. The smallest absolute Gasteiger partial charge is 0.264 e. The Morgan fingerprint density at radius 1 is 0.897 bits per heavy atom. The van der Waals surface area contributed by atoms with E-state index in [0.717, 1.165) is 23.6 Å². The first-order valence-corrected chi connectivity index (χ1v) is 10.5. The zero-order chi connectivity index (χ0) is 20.5. The summed E-state index contributed by atoms with van der Waals surface area (Å²) in [7, 11) is 0. The van der Waals surface area contributed by atoms with Crippen molar-refractivity contribution in [1.29, 1.82) is 0 Å². The summed E-state index contributed by atoms with van der Waals surface area (Å²) in [6.07, 6.45) is 2.61. The molecule has 1 aromatic heterocycles. The third kappa shape index (κ3) is 6.57. The zero-order valence-electron chi connectivity index (χ0n) is 16.7. The molecule has 0 aliphatic heterocycles. The van der Waals surface area contributed by atoms with E-state index in [1.807, 2.05) is 36.4 Å². The number of hydrogen-bond donors (Lipinski definition) is 1. The van der Waals surface area contributed by atoms with E-state index in [0.29, 0.717) is 23.9 Å². The van der Waals surface area contributed by atoms with Crippen molar-refractivity contribution in [1.82, 2.24) is 10.2 Å². The van der Waals surface area contributed by atoms with Gasteiger partial charge in [0.15, 0.2) is 6.61 Å². The number of amides is 1. The average Bonchev–Trinajstić information content (AvgIpc) is 3.20. The molecule has 0 atom stereocenters. The first-order valence-electron chi connectivity index (χ1n) is 9.72. The van der Waals surface area contributed by atoms with Crippen LogP contribution in [0.3, 0.4) is 0 Å². The molecule has 0 aliphatic carbocycles. The van der Waals surface area contributed by atoms with Crippen molar-refractivity contribution < 1.29 is 14.3 Å². The lowest BCUT2D eigenvalue weighted by Gasteiger charge is -2.06. The SMILES string of the molecule is CCc1ccc(OCCc2nnc(NC(=O)COc3ccc(CC)cc3)s2)cc1. The van der Waals surface area contributed by atoms with Crippen LogP contribution in [0.25, 0.3) is 0 Å². The summed E-state index contributed by atoms with van der Waals surface area (Å²) in [6.45, 7) is 4.65. The van der Waals surface area contributed by atoms with Crippen LogP contribution < -0.4 is 14.8 Å². The molecule has 0 saturated heterocycles. The number of ether oxygens (including phenoxy) is 2. The molecule has 3 rings (SSSR count). The molecule has 7 heteroatoms. The Labute approximate surface area is 174 Å². The van der Waals surface area contributed by atoms with Crippen molar-refractivity contribution in [3.8, 4) is 11.5 Å². The van der Waals surface area contributed by atoms with Crippen molar-refractivity contribution in [2.75, 3.05) is 18.5 Å². The molecule has 0 unspecified atom stereocenters. The van der Waals surface area contributed by atoms with Crippen LogP contribution >= 0.6 is 11.3 Å². The number of carbonyl (C=O) groups excluding carboxylic acids is 1. The van der Waals surface area contributed by atoms with Crippen LogP contribution in [0.1, 0.15) is 30.0 Å². The highest BCUT2D eigenvalue weighted by Crippen LogP contribution is 2.18. The van der Waals surface area contributed by atoms with Crippen molar-refractivity contribution in [2.45, 2.75) is 33.1 Å². The summed E-state index contributed by atoms with van der Waals surface area (Å²) < 4.78 is 11.2. The Kier molecular flexibility index (Phi) is 7.58. The zero-order valence-corrected chi connectivity index (χ0v) is 17.5. The molecule has 152 valence electrons. The van der Waals surface area contributed by atoms with Crippen LogP contribution in [0.4, 0.5) is 5.13 Å². The minimum Gasteiger partial charge on any atom is -0.493 e. The lowest BCUT2D eigenvalue weighted by molar-refractivity contribution is -0.118. The molecular formula is C22H25N3O3S. The van der Waals surface area contributed by atoms with Gasteiger partial charge in [-0.25, -0.2) is 0 Å². The van der Waals surface area contributed by atoms with Crippen molar-refractivity contribution in [3.63, 3.8) is 0 Å². The van der Waals surface area contributed by atoms with Gasteiger partial charge in [-0.15, -0.1) is 10.2 Å². The van der Waals surface area contributed by atoms with Gasteiger partial charge in [-0.1, -0.05) is 49.4 Å². The fraction of sp³-hybridized carbons (Fsp3) is 0.318. The summed E-state index contributed by atoms with van der Waals surface area (Å²) in [5.41, 5.74) is 2.51. The van der Waals surface area contributed by atoms with E-state index in [1.165, 1.54) is 22.5 Å². The van der Waals surface area contributed by atoms with Crippen LogP contribution in [0, 0.1) is 0 Å². The first kappa shape index (κ1) is 20.8. The highest BCUT2D eigenvalue weighted by molar-refractivity contribution is 7.15. The second kappa shape index (κ2) is 10.6. The number of anilines is 1. The second-order valence-corrected chi connectivity index (χ2v) is 7.49. The lowest BCUT2D eigenvalue weighted by atomic mass is 10.2. The van der Waals surface area contributed by atoms with Crippen LogP contribution in [-0.2, 0) is 24.1 Å². The lowest BCUT2D eigenvalue weighted by Crippen LogP contribution is -2.20. The van der Waals surface area contributed by atoms with Gasteiger partial charge in [0.2, 0.25) is 5.13 Å². The van der Waals surface area contributed by atoms with Gasteiger partial charge in [-0.05, 0) is 48.2 Å². The summed E-state index contributed by atoms with van der Waals surface area (Å²) in [4.78, 5) is 12.0. The largest absolute Gasteiger partial charge is 0.493 e. The Morgan fingerprint density at radius 2 is 1.48 bits per heavy atom. The van der Waals surface area contributed by atoms with E-state index in [2.05, 4.69) is 41.5 Å². The van der Waals surface area contributed by atoms with E-state index >= 15 is 0 Å². The summed E-state index contributed by atoms with van der Waals surface area (Å²) in [5.74, 6) is 1.24. The van der Waals surface area contributed by atoms with Gasteiger partial charge in [0.25, 0.3) is 5.91 Å². The van der Waals surface area contributed by atoms with E-state index in [9.17, 15) is 4.79 Å². The normalized spacial score (nSPS) is 10.6. The van der Waals surface area contributed by atoms with E-state index in [4.69, 9.17) is 9.47 Å². The third-order valence-electron chi connectivity index (χ3n) is 4.33. The minimum absolute atomic E-state index is 0.0722. The number of aromatic nitrogens is 2. The number of carbonyl (C=O) groups is 1. The Bertz CT molecular complexity index is 908. The van der Waals surface area contributed by atoms with E-state index in [-0.39, 0.29) is 12.5 Å². The monoisotopic (exact) mass is 411 g/mol. The van der Waals surface area contributed by atoms with E-state index in [1.54, 1.807) is 0 Å². The average molecular weight is 412 g/mol. The molecule has 6 nitrogen and oxygen atoms in total. The van der Waals surface area contributed by atoms with Gasteiger partial charge < -0.3 is 9.47 Å². The summed E-state index contributed by atoms with van der Waals surface area (Å²) in [6, 6.07) is 15.8. The van der Waals surface area contributed by atoms with Gasteiger partial charge in [-0.2, -0.15) is 0 Å². The van der Waals surface area contributed by atoms with Gasteiger partial charge >= 0.3 is 0 Å². The van der Waals surface area contributed by atoms with Gasteiger partial charge in [0, 0.05) is 6.42 Å². The molecular weight excluding hydrogens is 386 g/mol. The third-order valence-corrected chi connectivity index (χ3v) is 5.23. The first-order chi connectivity index (χ1) is 14.2. The number of nitrogens with one attached hydrogen (secondary N) is 1. The Balaban J connectivity index is 1.39. The maximum Gasteiger partial charge on any atom is 0.264 e. The van der Waals surface area contributed by atoms with Gasteiger partial charge in [0.05, 0.1) is 6.61 Å². The molecule has 0 bridgehead atoms. The van der Waals surface area contributed by atoms with Crippen molar-refractivity contribution in [3.05, 3.63) is 64.7 Å². The molecule has 3 aromatic rings. The number of benzene rings is 2. The molecule has 29 heavy (non-hydrogen) atoms. The minimum atomic E-state index is -0.264. The molecule has 0 aliphatic rings. The van der Waals surface area contributed by atoms with Gasteiger partial charge in [0.1, 0.15) is 16.5 Å². The quantitative estimate of drug-likeness (QED) is 0.538. The van der Waals surface area contributed by atoms with Gasteiger partial charge in [-0.3, -0.25) is 10.1 Å². The molecule has 2 aromatic carbocycles. The standard InChI is InChI=1S/C22H25N3O3S/c1-3-16-5-9-18(10-6-16)27-14-13-21-24-25-22(29-21)23-20(26)15-28-19-11-7-17(4-2)8-12-19/h5-12H,3-4,13-15H2,1-2H3,(H,23,25,26). The summed E-state index contributed by atoms with van der Waals surface area (Å²) in [5, 5.41) is 12.1. The molecule has 1 amide bonds. The maximum absolute atomic E-state index is 12.0. The highest BCUT2D eigenvalue weighted by atomic mass is 32.1.